The number of piperazine rings is 1. The van der Waals surface area contributed by atoms with Crippen molar-refractivity contribution in [2.75, 3.05) is 39.3 Å². The second-order valence-corrected chi connectivity index (χ2v) is 9.07. The van der Waals surface area contributed by atoms with Gasteiger partial charge in [-0.25, -0.2) is 9.07 Å². The molecule has 0 radical (unpaired) electrons. The Balaban J connectivity index is 1.13. The number of carbonyl (C=O) groups is 1. The lowest BCUT2D eigenvalue weighted by Gasteiger charge is -2.34. The number of halogens is 1. The number of amides is 1. The van der Waals surface area contributed by atoms with Gasteiger partial charge in [-0.2, -0.15) is 5.10 Å². The van der Waals surface area contributed by atoms with Crippen LogP contribution in [0.15, 0.2) is 85.3 Å². The van der Waals surface area contributed by atoms with E-state index in [1.807, 2.05) is 29.1 Å². The largest absolute Gasteiger partial charge is 0.352 e. The fourth-order valence-corrected chi connectivity index (χ4v) is 4.61. The molecule has 4 aromatic rings. The van der Waals surface area contributed by atoms with E-state index in [1.54, 1.807) is 23.0 Å². The molecule has 2 aromatic heterocycles. The molecule has 0 bridgehead atoms. The summed E-state index contributed by atoms with van der Waals surface area (Å²) in [5.74, 6) is 0.141. The molecule has 3 heterocycles. The number of hydrogen-bond acceptors (Lipinski definition) is 4. The smallest absolute Gasteiger partial charge is 0.256 e. The third-order valence-corrected chi connectivity index (χ3v) is 6.56. The van der Waals surface area contributed by atoms with Gasteiger partial charge in [0.2, 0.25) is 0 Å². The average molecular weight is 487 g/mol. The first-order valence-electron chi connectivity index (χ1n) is 12.4. The monoisotopic (exact) mass is 486 g/mol. The Bertz CT molecular complexity index is 1250. The zero-order valence-electron chi connectivity index (χ0n) is 20.3. The van der Waals surface area contributed by atoms with Crippen molar-refractivity contribution >= 4 is 5.91 Å². The van der Waals surface area contributed by atoms with Gasteiger partial charge in [0.15, 0.2) is 5.82 Å². The third-order valence-electron chi connectivity index (χ3n) is 6.56. The highest BCUT2D eigenvalue weighted by Gasteiger charge is 2.20. The lowest BCUT2D eigenvalue weighted by Crippen LogP contribution is -2.46. The zero-order chi connectivity index (χ0) is 24.7. The van der Waals surface area contributed by atoms with Crippen molar-refractivity contribution in [3.8, 4) is 11.5 Å². The second-order valence-electron chi connectivity index (χ2n) is 9.07. The molecule has 0 unspecified atom stereocenters. The normalized spacial score (nSPS) is 14.7. The predicted molar refractivity (Wildman–Crippen MR) is 138 cm³/mol. The standard InChI is InChI=1S/C28H31FN6O/c29-24-9-11-25(12-10-24)35-28(34-15-4-5-16-34)26(21-31-35)27(36)30-13-6-14-32-17-19-33(20-18-32)22-23-7-2-1-3-8-23/h1-5,7-12,15-16,21H,6,13-14,17-20,22H2,(H,30,36). The molecule has 0 aliphatic carbocycles. The van der Waals surface area contributed by atoms with Crippen LogP contribution in [0.2, 0.25) is 0 Å². The van der Waals surface area contributed by atoms with Crippen LogP contribution < -0.4 is 5.32 Å². The van der Waals surface area contributed by atoms with Gasteiger partial charge in [-0.15, -0.1) is 0 Å². The van der Waals surface area contributed by atoms with E-state index in [-0.39, 0.29) is 11.7 Å². The highest BCUT2D eigenvalue weighted by molar-refractivity contribution is 5.97. The molecule has 2 aromatic carbocycles. The maximum absolute atomic E-state index is 13.4. The van der Waals surface area contributed by atoms with Crippen molar-refractivity contribution in [2.24, 2.45) is 0 Å². The molecule has 1 aliphatic rings. The van der Waals surface area contributed by atoms with Crippen LogP contribution in [0.5, 0.6) is 0 Å². The average Bonchev–Trinajstić information content (AvgIpc) is 3.59. The summed E-state index contributed by atoms with van der Waals surface area (Å²) in [6, 6.07) is 20.5. The molecule has 8 heteroatoms. The first-order chi connectivity index (χ1) is 17.7. The summed E-state index contributed by atoms with van der Waals surface area (Å²) in [6.07, 6.45) is 6.19. The Kier molecular flexibility index (Phi) is 7.54. The summed E-state index contributed by atoms with van der Waals surface area (Å²) in [6.45, 7) is 6.76. The molecule has 0 saturated carbocycles. The lowest BCUT2D eigenvalue weighted by molar-refractivity contribution is 0.0947. The minimum atomic E-state index is -0.316. The van der Waals surface area contributed by atoms with E-state index >= 15 is 0 Å². The van der Waals surface area contributed by atoms with Crippen molar-refractivity contribution in [3.05, 3.63) is 102 Å². The van der Waals surface area contributed by atoms with Gasteiger partial charge in [-0.05, 0) is 54.9 Å². The summed E-state index contributed by atoms with van der Waals surface area (Å²) in [7, 11) is 0. The molecule has 5 rings (SSSR count). The van der Waals surface area contributed by atoms with Crippen LogP contribution in [-0.4, -0.2) is 69.3 Å². The summed E-state index contributed by atoms with van der Waals surface area (Å²) in [5, 5.41) is 7.49. The summed E-state index contributed by atoms with van der Waals surface area (Å²) in [4.78, 5) is 18.0. The molecule has 0 atom stereocenters. The number of nitrogens with zero attached hydrogens (tertiary/aromatic N) is 5. The third kappa shape index (κ3) is 5.72. The molecule has 1 fully saturated rings. The van der Waals surface area contributed by atoms with Crippen molar-refractivity contribution in [2.45, 2.75) is 13.0 Å². The Labute approximate surface area is 210 Å². The maximum Gasteiger partial charge on any atom is 0.256 e. The number of carbonyl (C=O) groups excluding carboxylic acids is 1. The quantitative estimate of drug-likeness (QED) is 0.366. The lowest BCUT2D eigenvalue weighted by atomic mass is 10.2. The van der Waals surface area contributed by atoms with E-state index < -0.39 is 0 Å². The van der Waals surface area contributed by atoms with Crippen molar-refractivity contribution < 1.29 is 9.18 Å². The van der Waals surface area contributed by atoms with E-state index in [4.69, 9.17) is 0 Å². The van der Waals surface area contributed by atoms with Gasteiger partial charge in [-0.1, -0.05) is 30.3 Å². The first-order valence-corrected chi connectivity index (χ1v) is 12.4. The van der Waals surface area contributed by atoms with Crippen LogP contribution >= 0.6 is 0 Å². The minimum Gasteiger partial charge on any atom is -0.352 e. The second kappa shape index (κ2) is 11.3. The Hall–Kier alpha value is -3.75. The molecule has 7 nitrogen and oxygen atoms in total. The van der Waals surface area contributed by atoms with Crippen LogP contribution in [0.4, 0.5) is 4.39 Å². The summed E-state index contributed by atoms with van der Waals surface area (Å²) in [5.41, 5.74) is 2.52. The topological polar surface area (TPSA) is 58.3 Å². The van der Waals surface area contributed by atoms with Crippen LogP contribution in [0.25, 0.3) is 11.5 Å². The van der Waals surface area contributed by atoms with Crippen molar-refractivity contribution in [3.63, 3.8) is 0 Å². The Morgan fingerprint density at radius 3 is 2.31 bits per heavy atom. The van der Waals surface area contributed by atoms with Gasteiger partial charge in [0.05, 0.1) is 11.9 Å². The predicted octanol–water partition coefficient (Wildman–Crippen LogP) is 3.74. The van der Waals surface area contributed by atoms with Crippen LogP contribution in [0.1, 0.15) is 22.3 Å². The first kappa shape index (κ1) is 24.0. The Morgan fingerprint density at radius 2 is 1.58 bits per heavy atom. The molecule has 36 heavy (non-hydrogen) atoms. The van der Waals surface area contributed by atoms with E-state index in [0.717, 1.165) is 45.7 Å². The van der Waals surface area contributed by atoms with Gasteiger partial charge >= 0.3 is 0 Å². The number of nitrogens with one attached hydrogen (secondary N) is 1. The summed E-state index contributed by atoms with van der Waals surface area (Å²) >= 11 is 0. The van der Waals surface area contributed by atoms with E-state index in [1.165, 1.54) is 17.7 Å². The van der Waals surface area contributed by atoms with Crippen LogP contribution in [0.3, 0.4) is 0 Å². The van der Waals surface area contributed by atoms with E-state index in [2.05, 4.69) is 50.5 Å². The number of benzene rings is 2. The minimum absolute atomic E-state index is 0.167. The summed E-state index contributed by atoms with van der Waals surface area (Å²) < 4.78 is 16.9. The highest BCUT2D eigenvalue weighted by atomic mass is 19.1. The van der Waals surface area contributed by atoms with Crippen molar-refractivity contribution in [1.29, 1.82) is 0 Å². The van der Waals surface area contributed by atoms with Gasteiger partial charge in [0, 0.05) is 51.7 Å². The van der Waals surface area contributed by atoms with Gasteiger partial charge < -0.3 is 14.8 Å². The molecule has 0 spiro atoms. The van der Waals surface area contributed by atoms with Crippen LogP contribution in [0, 0.1) is 5.82 Å². The van der Waals surface area contributed by atoms with E-state index in [9.17, 15) is 9.18 Å². The van der Waals surface area contributed by atoms with Gasteiger partial charge in [0.1, 0.15) is 11.4 Å². The van der Waals surface area contributed by atoms with E-state index in [0.29, 0.717) is 23.6 Å². The maximum atomic E-state index is 13.4. The number of aromatic nitrogens is 3. The number of hydrogen-bond donors (Lipinski definition) is 1. The van der Waals surface area contributed by atoms with Crippen LogP contribution in [-0.2, 0) is 6.54 Å². The molecule has 1 aliphatic heterocycles. The zero-order valence-corrected chi connectivity index (χ0v) is 20.3. The molecule has 186 valence electrons. The molecule has 1 saturated heterocycles. The van der Waals surface area contributed by atoms with Gasteiger partial charge in [0.25, 0.3) is 5.91 Å². The molecule has 1 N–H and O–H groups in total. The van der Waals surface area contributed by atoms with Gasteiger partial charge in [-0.3, -0.25) is 9.69 Å². The fraction of sp³-hybridized carbons (Fsp3) is 0.286. The molecular formula is C28H31FN6O. The molecule has 1 amide bonds. The Morgan fingerprint density at radius 1 is 0.889 bits per heavy atom. The fourth-order valence-electron chi connectivity index (χ4n) is 4.61. The highest BCUT2D eigenvalue weighted by Crippen LogP contribution is 2.20. The molecular weight excluding hydrogens is 455 g/mol. The number of rotatable bonds is 9. The SMILES string of the molecule is O=C(NCCCN1CCN(Cc2ccccc2)CC1)c1cnn(-c2ccc(F)cc2)c1-n1cccc1. The van der Waals surface area contributed by atoms with Crippen molar-refractivity contribution in [1.82, 2.24) is 29.5 Å².